The summed E-state index contributed by atoms with van der Waals surface area (Å²) in [6, 6.07) is 4.99. The highest BCUT2D eigenvalue weighted by Crippen LogP contribution is 2.25. The molecule has 1 aliphatic carbocycles. The van der Waals surface area contributed by atoms with Gasteiger partial charge in [0.05, 0.1) is 11.0 Å². The number of hydrogen-bond donors (Lipinski definition) is 2. The lowest BCUT2D eigenvalue weighted by Gasteiger charge is -2.27. The van der Waals surface area contributed by atoms with E-state index >= 15 is 0 Å². The average Bonchev–Trinajstić information content (AvgIpc) is 2.88. The molecular formula is C19H26ClN3O2. The summed E-state index contributed by atoms with van der Waals surface area (Å²) >= 11 is 6.02. The number of nitrogens with one attached hydrogen (secondary N) is 2. The van der Waals surface area contributed by atoms with Crippen LogP contribution in [-0.4, -0.2) is 21.5 Å². The van der Waals surface area contributed by atoms with Gasteiger partial charge < -0.3 is 10.3 Å². The summed E-state index contributed by atoms with van der Waals surface area (Å²) in [5.41, 5.74) is 1.12. The van der Waals surface area contributed by atoms with Crippen LogP contribution in [-0.2, 0) is 4.79 Å². The van der Waals surface area contributed by atoms with Crippen molar-refractivity contribution in [3.8, 4) is 0 Å². The van der Waals surface area contributed by atoms with E-state index in [0.29, 0.717) is 22.9 Å². The number of carbonyl (C=O) groups is 1. The standard InChI is InChI=1S/C19H26ClN3O2/c1-12(2)10-17(18(24)21-14-6-4-3-5-7-14)23-16-9-8-13(20)11-15(16)22-19(23)25/h8-9,11-12,14,17H,3-7,10H2,1-2H3,(H,21,24)(H,22,25). The fourth-order valence-corrected chi connectivity index (χ4v) is 3.91. The van der Waals surface area contributed by atoms with Crippen LogP contribution in [0.4, 0.5) is 0 Å². The van der Waals surface area contributed by atoms with E-state index in [0.717, 1.165) is 31.2 Å². The highest BCUT2D eigenvalue weighted by molar-refractivity contribution is 6.31. The van der Waals surface area contributed by atoms with Crippen LogP contribution in [0, 0.1) is 5.92 Å². The molecule has 0 saturated heterocycles. The number of aromatic nitrogens is 2. The van der Waals surface area contributed by atoms with Crippen molar-refractivity contribution in [3.05, 3.63) is 33.7 Å². The van der Waals surface area contributed by atoms with E-state index in [9.17, 15) is 9.59 Å². The van der Waals surface area contributed by atoms with E-state index in [4.69, 9.17) is 11.6 Å². The molecule has 1 amide bonds. The van der Waals surface area contributed by atoms with Crippen molar-refractivity contribution in [3.63, 3.8) is 0 Å². The molecular weight excluding hydrogens is 338 g/mol. The van der Waals surface area contributed by atoms with Crippen molar-refractivity contribution < 1.29 is 4.79 Å². The number of amides is 1. The summed E-state index contributed by atoms with van der Waals surface area (Å²) in [4.78, 5) is 28.4. The Kier molecular flexibility index (Phi) is 5.52. The summed E-state index contributed by atoms with van der Waals surface area (Å²) in [6.07, 6.45) is 6.23. The Morgan fingerprint density at radius 3 is 2.72 bits per heavy atom. The van der Waals surface area contributed by atoms with Crippen LogP contribution >= 0.6 is 11.6 Å². The Balaban J connectivity index is 1.94. The number of rotatable bonds is 5. The number of carbonyl (C=O) groups excluding carboxylic acids is 1. The van der Waals surface area contributed by atoms with Gasteiger partial charge in [-0.1, -0.05) is 44.7 Å². The second kappa shape index (κ2) is 7.65. The SMILES string of the molecule is CC(C)CC(C(=O)NC1CCCCC1)n1c(=O)[nH]c2cc(Cl)ccc21. The normalized spacial score (nSPS) is 17.1. The van der Waals surface area contributed by atoms with Gasteiger partial charge in [-0.15, -0.1) is 0 Å². The van der Waals surface area contributed by atoms with Gasteiger partial charge in [0.1, 0.15) is 6.04 Å². The van der Waals surface area contributed by atoms with Crippen molar-refractivity contribution in [1.82, 2.24) is 14.9 Å². The van der Waals surface area contributed by atoms with Crippen LogP contribution in [0.5, 0.6) is 0 Å². The van der Waals surface area contributed by atoms with Gasteiger partial charge in [-0.25, -0.2) is 4.79 Å². The Hall–Kier alpha value is -1.75. The maximum absolute atomic E-state index is 13.0. The summed E-state index contributed by atoms with van der Waals surface area (Å²) in [5, 5.41) is 3.74. The first-order valence-electron chi connectivity index (χ1n) is 9.16. The van der Waals surface area contributed by atoms with Crippen LogP contribution in [0.3, 0.4) is 0 Å². The second-order valence-electron chi connectivity index (χ2n) is 7.45. The first-order chi connectivity index (χ1) is 12.0. The molecule has 136 valence electrons. The predicted molar refractivity (Wildman–Crippen MR) is 101 cm³/mol. The number of halogens is 1. The van der Waals surface area contributed by atoms with Gasteiger partial charge in [0.25, 0.3) is 0 Å². The van der Waals surface area contributed by atoms with Crippen LogP contribution in [0.25, 0.3) is 11.0 Å². The van der Waals surface area contributed by atoms with Gasteiger partial charge >= 0.3 is 5.69 Å². The van der Waals surface area contributed by atoms with Crippen LogP contribution in [0.15, 0.2) is 23.0 Å². The van der Waals surface area contributed by atoms with Crippen molar-refractivity contribution in [2.45, 2.75) is 64.5 Å². The van der Waals surface area contributed by atoms with E-state index < -0.39 is 6.04 Å². The Morgan fingerprint density at radius 1 is 1.32 bits per heavy atom. The minimum absolute atomic E-state index is 0.0569. The largest absolute Gasteiger partial charge is 0.352 e. The topological polar surface area (TPSA) is 66.9 Å². The number of H-pyrrole nitrogens is 1. The fraction of sp³-hybridized carbons (Fsp3) is 0.579. The summed E-state index contributed by atoms with van der Waals surface area (Å²) in [5.74, 6) is 0.241. The molecule has 1 saturated carbocycles. The minimum Gasteiger partial charge on any atom is -0.352 e. The molecule has 0 aliphatic heterocycles. The molecule has 1 fully saturated rings. The minimum atomic E-state index is -0.510. The summed E-state index contributed by atoms with van der Waals surface area (Å²) in [6.45, 7) is 4.13. The van der Waals surface area contributed by atoms with Gasteiger partial charge in [-0.3, -0.25) is 9.36 Å². The molecule has 6 heteroatoms. The summed E-state index contributed by atoms with van der Waals surface area (Å²) in [7, 11) is 0. The van der Waals surface area contributed by atoms with Crippen LogP contribution < -0.4 is 11.0 Å². The molecule has 1 aromatic heterocycles. The number of imidazole rings is 1. The number of aromatic amines is 1. The number of fused-ring (bicyclic) bond motifs is 1. The Morgan fingerprint density at radius 2 is 2.04 bits per heavy atom. The molecule has 3 rings (SSSR count). The number of nitrogens with zero attached hydrogens (tertiary/aromatic N) is 1. The van der Waals surface area contributed by atoms with Gasteiger partial charge in [-0.05, 0) is 43.4 Å². The van der Waals surface area contributed by atoms with Crippen molar-refractivity contribution >= 4 is 28.5 Å². The highest BCUT2D eigenvalue weighted by Gasteiger charge is 2.27. The zero-order valence-electron chi connectivity index (χ0n) is 14.8. The number of benzene rings is 1. The number of hydrogen-bond acceptors (Lipinski definition) is 2. The van der Waals surface area contributed by atoms with E-state index in [1.807, 2.05) is 0 Å². The van der Waals surface area contributed by atoms with E-state index in [1.54, 1.807) is 22.8 Å². The quantitative estimate of drug-likeness (QED) is 0.842. The lowest BCUT2D eigenvalue weighted by molar-refractivity contribution is -0.125. The first-order valence-corrected chi connectivity index (χ1v) is 9.53. The van der Waals surface area contributed by atoms with Crippen LogP contribution in [0.2, 0.25) is 5.02 Å². The molecule has 2 aromatic rings. The monoisotopic (exact) mass is 363 g/mol. The molecule has 2 N–H and O–H groups in total. The van der Waals surface area contributed by atoms with Crippen molar-refractivity contribution in [2.75, 3.05) is 0 Å². The summed E-state index contributed by atoms with van der Waals surface area (Å²) < 4.78 is 1.59. The molecule has 1 unspecified atom stereocenters. The van der Waals surface area contributed by atoms with Crippen LogP contribution in [0.1, 0.15) is 58.4 Å². The van der Waals surface area contributed by atoms with Crippen molar-refractivity contribution in [1.29, 1.82) is 0 Å². The molecule has 0 radical (unpaired) electrons. The fourth-order valence-electron chi connectivity index (χ4n) is 3.73. The molecule has 1 aromatic carbocycles. The zero-order valence-corrected chi connectivity index (χ0v) is 15.6. The van der Waals surface area contributed by atoms with Gasteiger partial charge in [0.15, 0.2) is 0 Å². The molecule has 25 heavy (non-hydrogen) atoms. The molecule has 1 atom stereocenters. The van der Waals surface area contributed by atoms with E-state index in [-0.39, 0.29) is 17.6 Å². The van der Waals surface area contributed by atoms with E-state index in [1.165, 1.54) is 6.42 Å². The zero-order chi connectivity index (χ0) is 18.0. The lowest BCUT2D eigenvalue weighted by atomic mass is 9.94. The lowest BCUT2D eigenvalue weighted by Crippen LogP contribution is -2.43. The third-order valence-corrected chi connectivity index (χ3v) is 5.17. The third-order valence-electron chi connectivity index (χ3n) is 4.94. The van der Waals surface area contributed by atoms with E-state index in [2.05, 4.69) is 24.1 Å². The van der Waals surface area contributed by atoms with Gasteiger partial charge in [0, 0.05) is 11.1 Å². The van der Waals surface area contributed by atoms with Gasteiger partial charge in [0.2, 0.25) is 5.91 Å². The molecule has 1 aliphatic rings. The smallest absolute Gasteiger partial charge is 0.327 e. The molecule has 1 heterocycles. The third kappa shape index (κ3) is 4.09. The Labute approximate surface area is 152 Å². The van der Waals surface area contributed by atoms with Crippen molar-refractivity contribution in [2.24, 2.45) is 5.92 Å². The predicted octanol–water partition coefficient (Wildman–Crippen LogP) is 4.02. The second-order valence-corrected chi connectivity index (χ2v) is 7.89. The maximum atomic E-state index is 13.0. The molecule has 0 spiro atoms. The highest BCUT2D eigenvalue weighted by atomic mass is 35.5. The molecule has 0 bridgehead atoms. The first kappa shape index (κ1) is 18.1. The molecule has 5 nitrogen and oxygen atoms in total. The Bertz CT molecular complexity index is 803. The maximum Gasteiger partial charge on any atom is 0.327 e. The van der Waals surface area contributed by atoms with Gasteiger partial charge in [-0.2, -0.15) is 0 Å². The average molecular weight is 364 g/mol.